The predicted molar refractivity (Wildman–Crippen MR) is 108 cm³/mol. The highest BCUT2D eigenvalue weighted by atomic mass is 19.1. The van der Waals surface area contributed by atoms with E-state index in [9.17, 15) is 14.0 Å². The van der Waals surface area contributed by atoms with Crippen LogP contribution in [0, 0.1) is 5.82 Å². The largest absolute Gasteiger partial charge is 0.496 e. The number of nitrogens with one attached hydrogen (secondary N) is 1. The van der Waals surface area contributed by atoms with Gasteiger partial charge in [-0.05, 0) is 37.6 Å². The molecule has 7 heteroatoms. The second-order valence-corrected chi connectivity index (χ2v) is 6.40. The van der Waals surface area contributed by atoms with Gasteiger partial charge in [0.1, 0.15) is 17.3 Å². The minimum Gasteiger partial charge on any atom is -0.496 e. The van der Waals surface area contributed by atoms with Gasteiger partial charge >= 0.3 is 0 Å². The smallest absolute Gasteiger partial charge is 0.278 e. The van der Waals surface area contributed by atoms with E-state index in [2.05, 4.69) is 5.32 Å². The van der Waals surface area contributed by atoms with E-state index in [1.807, 2.05) is 6.92 Å². The molecular weight excluding hydrogens is 375 g/mol. The monoisotopic (exact) mass is 398 g/mol. The fourth-order valence-corrected chi connectivity index (χ4v) is 3.18. The molecule has 1 aliphatic rings. The highest BCUT2D eigenvalue weighted by Gasteiger charge is 2.39. The lowest BCUT2D eigenvalue weighted by Crippen LogP contribution is -2.34. The van der Waals surface area contributed by atoms with Crippen molar-refractivity contribution in [3.8, 4) is 5.75 Å². The van der Waals surface area contributed by atoms with E-state index in [4.69, 9.17) is 9.47 Å². The molecular formula is C22H23FN2O4. The normalized spacial score (nSPS) is 14.0. The second-order valence-electron chi connectivity index (χ2n) is 6.40. The van der Waals surface area contributed by atoms with Gasteiger partial charge in [0.2, 0.25) is 0 Å². The summed E-state index contributed by atoms with van der Waals surface area (Å²) in [6.07, 6.45) is 0.526. The lowest BCUT2D eigenvalue weighted by Gasteiger charge is -2.15. The second kappa shape index (κ2) is 9.34. The van der Waals surface area contributed by atoms with E-state index >= 15 is 0 Å². The number of hydrogen-bond acceptors (Lipinski definition) is 5. The molecule has 1 heterocycles. The number of methoxy groups -OCH3 is 1. The summed E-state index contributed by atoms with van der Waals surface area (Å²) in [5.74, 6) is -0.857. The number of imide groups is 1. The average Bonchev–Trinajstić information content (AvgIpc) is 2.95. The number of benzene rings is 2. The lowest BCUT2D eigenvalue weighted by molar-refractivity contribution is -0.137. The van der Waals surface area contributed by atoms with Crippen molar-refractivity contribution >= 4 is 23.1 Å². The summed E-state index contributed by atoms with van der Waals surface area (Å²) in [6.45, 7) is 3.13. The van der Waals surface area contributed by atoms with Crippen molar-refractivity contribution in [2.75, 3.05) is 32.2 Å². The zero-order valence-electron chi connectivity index (χ0n) is 16.4. The molecule has 1 aliphatic heterocycles. The Morgan fingerprint density at radius 1 is 1.07 bits per heavy atom. The van der Waals surface area contributed by atoms with Gasteiger partial charge in [-0.3, -0.25) is 14.5 Å². The van der Waals surface area contributed by atoms with Crippen LogP contribution in [0.1, 0.15) is 18.9 Å². The van der Waals surface area contributed by atoms with E-state index < -0.39 is 17.6 Å². The third-order valence-corrected chi connectivity index (χ3v) is 4.51. The molecule has 0 aromatic heterocycles. The summed E-state index contributed by atoms with van der Waals surface area (Å²) in [5.41, 5.74) is 1.18. The van der Waals surface area contributed by atoms with Crippen molar-refractivity contribution in [1.82, 2.24) is 4.90 Å². The molecule has 0 saturated carbocycles. The molecule has 0 radical (unpaired) electrons. The van der Waals surface area contributed by atoms with Gasteiger partial charge in [0.15, 0.2) is 0 Å². The van der Waals surface area contributed by atoms with E-state index in [1.54, 1.807) is 30.3 Å². The summed E-state index contributed by atoms with van der Waals surface area (Å²) >= 11 is 0. The van der Waals surface area contributed by atoms with E-state index in [0.717, 1.165) is 0 Å². The molecule has 0 saturated heterocycles. The molecule has 3 rings (SSSR count). The van der Waals surface area contributed by atoms with Gasteiger partial charge in [0.25, 0.3) is 11.8 Å². The maximum Gasteiger partial charge on any atom is 0.278 e. The van der Waals surface area contributed by atoms with Crippen molar-refractivity contribution < 1.29 is 23.5 Å². The first-order valence-corrected chi connectivity index (χ1v) is 9.41. The van der Waals surface area contributed by atoms with Crippen molar-refractivity contribution in [2.24, 2.45) is 0 Å². The van der Waals surface area contributed by atoms with Gasteiger partial charge in [-0.25, -0.2) is 4.39 Å². The predicted octanol–water partition coefficient (Wildman–Crippen LogP) is 3.45. The summed E-state index contributed by atoms with van der Waals surface area (Å²) in [7, 11) is 1.50. The van der Waals surface area contributed by atoms with Crippen LogP contribution >= 0.6 is 0 Å². The molecule has 0 fully saturated rings. The number of rotatable bonds is 9. The van der Waals surface area contributed by atoms with Crippen molar-refractivity contribution in [3.05, 3.63) is 65.6 Å². The van der Waals surface area contributed by atoms with Crippen LogP contribution in [0.4, 0.5) is 10.1 Å². The Kier molecular flexibility index (Phi) is 6.61. The third kappa shape index (κ3) is 4.46. The number of ether oxygens (including phenoxy) is 2. The molecule has 6 nitrogen and oxygen atoms in total. The number of para-hydroxylation sites is 1. The Bertz CT molecular complexity index is 942. The van der Waals surface area contributed by atoms with E-state index in [-0.39, 0.29) is 17.8 Å². The van der Waals surface area contributed by atoms with Gasteiger partial charge < -0.3 is 14.8 Å². The summed E-state index contributed by atoms with van der Waals surface area (Å²) in [4.78, 5) is 27.4. The summed E-state index contributed by atoms with van der Waals surface area (Å²) in [5, 5.41) is 2.93. The Morgan fingerprint density at radius 3 is 2.59 bits per heavy atom. The highest BCUT2D eigenvalue weighted by Crippen LogP contribution is 2.35. The molecule has 0 aliphatic carbocycles. The van der Waals surface area contributed by atoms with Crippen molar-refractivity contribution in [1.29, 1.82) is 0 Å². The van der Waals surface area contributed by atoms with Crippen LogP contribution in [0.5, 0.6) is 5.75 Å². The van der Waals surface area contributed by atoms with Crippen LogP contribution < -0.4 is 10.1 Å². The maximum atomic E-state index is 13.6. The standard InChI is InChI=1S/C22H23FN2O4/c1-3-29-13-7-12-25-21(26)19(17-10-4-5-11-18(17)28-2)20(22(25)27)24-16-9-6-8-15(23)14-16/h4-6,8-11,14,24H,3,7,12-13H2,1-2H3. The quantitative estimate of drug-likeness (QED) is 0.518. The number of nitrogens with zero attached hydrogens (tertiary/aromatic N) is 1. The molecule has 0 spiro atoms. The first kappa shape index (κ1) is 20.5. The molecule has 29 heavy (non-hydrogen) atoms. The lowest BCUT2D eigenvalue weighted by atomic mass is 10.0. The molecule has 2 amide bonds. The van der Waals surface area contributed by atoms with Gasteiger partial charge in [-0.2, -0.15) is 0 Å². The Balaban J connectivity index is 1.99. The number of carbonyl (C=O) groups is 2. The Hall–Kier alpha value is -3.19. The van der Waals surface area contributed by atoms with Crippen molar-refractivity contribution in [3.63, 3.8) is 0 Å². The zero-order chi connectivity index (χ0) is 20.8. The topological polar surface area (TPSA) is 67.9 Å². The third-order valence-electron chi connectivity index (χ3n) is 4.51. The molecule has 152 valence electrons. The fraction of sp³-hybridized carbons (Fsp3) is 0.273. The summed E-state index contributed by atoms with van der Waals surface area (Å²) < 4.78 is 24.3. The number of hydrogen-bond donors (Lipinski definition) is 1. The Morgan fingerprint density at radius 2 is 1.86 bits per heavy atom. The fourth-order valence-electron chi connectivity index (χ4n) is 3.18. The van der Waals surface area contributed by atoms with Crippen LogP contribution in [0.3, 0.4) is 0 Å². The number of carbonyl (C=O) groups excluding carboxylic acids is 2. The minimum atomic E-state index is -0.461. The highest BCUT2D eigenvalue weighted by molar-refractivity contribution is 6.37. The Labute approximate surface area is 168 Å². The van der Waals surface area contributed by atoms with Gasteiger partial charge in [-0.1, -0.05) is 24.3 Å². The van der Waals surface area contributed by atoms with E-state index in [1.165, 1.54) is 30.2 Å². The number of anilines is 1. The molecule has 2 aromatic rings. The van der Waals surface area contributed by atoms with Crippen LogP contribution in [-0.4, -0.2) is 43.6 Å². The molecule has 0 atom stereocenters. The minimum absolute atomic E-state index is 0.0986. The average molecular weight is 398 g/mol. The van der Waals surface area contributed by atoms with Crippen LogP contribution in [0.15, 0.2) is 54.2 Å². The number of halogens is 1. The molecule has 1 N–H and O–H groups in total. The molecule has 0 bridgehead atoms. The van der Waals surface area contributed by atoms with Crippen LogP contribution in [-0.2, 0) is 14.3 Å². The summed E-state index contributed by atoms with van der Waals surface area (Å²) in [6, 6.07) is 12.7. The first-order valence-electron chi connectivity index (χ1n) is 9.41. The van der Waals surface area contributed by atoms with Crippen molar-refractivity contribution in [2.45, 2.75) is 13.3 Å². The molecule has 0 unspecified atom stereocenters. The van der Waals surface area contributed by atoms with Gasteiger partial charge in [-0.15, -0.1) is 0 Å². The SMILES string of the molecule is CCOCCCN1C(=O)C(Nc2cccc(F)c2)=C(c2ccccc2OC)C1=O. The van der Waals surface area contributed by atoms with E-state index in [0.29, 0.717) is 36.6 Å². The van der Waals surface area contributed by atoms with Gasteiger partial charge in [0.05, 0.1) is 12.7 Å². The van der Waals surface area contributed by atoms with Gasteiger partial charge in [0, 0.05) is 31.0 Å². The maximum absolute atomic E-state index is 13.6. The zero-order valence-corrected chi connectivity index (χ0v) is 16.4. The van der Waals surface area contributed by atoms with Crippen LogP contribution in [0.2, 0.25) is 0 Å². The molecule has 2 aromatic carbocycles. The van der Waals surface area contributed by atoms with Crippen LogP contribution in [0.25, 0.3) is 5.57 Å². The first-order chi connectivity index (χ1) is 14.1. The number of amides is 2.